The van der Waals surface area contributed by atoms with Gasteiger partial charge in [0.2, 0.25) is 5.91 Å². The number of nitrogens with zero attached hydrogens (tertiary/aromatic N) is 1. The van der Waals surface area contributed by atoms with Gasteiger partial charge in [-0.15, -0.1) is 0 Å². The second kappa shape index (κ2) is 5.95. The number of carbonyl (C=O) groups excluding carboxylic acids is 1. The summed E-state index contributed by atoms with van der Waals surface area (Å²) in [5, 5.41) is 3.19. The number of rotatable bonds is 4. The maximum Gasteiger partial charge on any atom is 0.406 e. The Labute approximate surface area is 139 Å². The summed E-state index contributed by atoms with van der Waals surface area (Å²) in [6.07, 6.45) is -3.43. The van der Waals surface area contributed by atoms with Crippen LogP contribution in [0.3, 0.4) is 0 Å². The van der Waals surface area contributed by atoms with Gasteiger partial charge in [-0.1, -0.05) is 18.2 Å². The first-order valence-corrected chi connectivity index (χ1v) is 8.01. The van der Waals surface area contributed by atoms with Gasteiger partial charge in [0.15, 0.2) is 0 Å². The molecule has 1 unspecified atom stereocenters. The van der Waals surface area contributed by atoms with Crippen LogP contribution in [0.1, 0.15) is 31.4 Å². The van der Waals surface area contributed by atoms with E-state index in [9.17, 15) is 18.0 Å². The summed E-state index contributed by atoms with van der Waals surface area (Å²) in [6, 6.07) is 5.65. The Balaban J connectivity index is 1.60. The molecule has 0 saturated carbocycles. The molecule has 132 valence electrons. The Morgan fingerprint density at radius 2 is 2.12 bits per heavy atom. The van der Waals surface area contributed by atoms with Gasteiger partial charge in [0, 0.05) is 37.5 Å². The highest BCUT2D eigenvalue weighted by atomic mass is 19.4. The third-order valence-corrected chi connectivity index (χ3v) is 4.34. The number of alkyl halides is 3. The lowest BCUT2D eigenvalue weighted by molar-refractivity contribution is -0.157. The van der Waals surface area contributed by atoms with Crippen LogP contribution in [0.4, 0.5) is 13.2 Å². The molecule has 0 radical (unpaired) electrons. The molecule has 1 aromatic rings. The lowest BCUT2D eigenvalue weighted by Gasteiger charge is -2.20. The van der Waals surface area contributed by atoms with E-state index in [0.29, 0.717) is 6.54 Å². The van der Waals surface area contributed by atoms with Crippen molar-refractivity contribution < 1.29 is 22.7 Å². The summed E-state index contributed by atoms with van der Waals surface area (Å²) in [6.45, 7) is 3.42. The van der Waals surface area contributed by atoms with Gasteiger partial charge >= 0.3 is 6.18 Å². The first-order valence-electron chi connectivity index (χ1n) is 8.01. The van der Waals surface area contributed by atoms with Gasteiger partial charge in [-0.3, -0.25) is 4.79 Å². The van der Waals surface area contributed by atoms with Crippen LogP contribution in [0.2, 0.25) is 0 Å². The number of benzene rings is 1. The van der Waals surface area contributed by atoms with Crippen LogP contribution < -0.4 is 10.1 Å². The quantitative estimate of drug-likeness (QED) is 0.915. The van der Waals surface area contributed by atoms with Gasteiger partial charge < -0.3 is 15.0 Å². The molecule has 0 bridgehead atoms. The highest BCUT2D eigenvalue weighted by Gasteiger charge is 2.38. The number of ether oxygens (including phenoxy) is 1. The van der Waals surface area contributed by atoms with E-state index in [2.05, 4.69) is 5.32 Å². The molecule has 0 aliphatic carbocycles. The zero-order chi connectivity index (χ0) is 17.5. The minimum Gasteiger partial charge on any atom is -0.487 e. The molecule has 2 aliphatic heterocycles. The average molecular weight is 342 g/mol. The summed E-state index contributed by atoms with van der Waals surface area (Å²) in [7, 11) is 0. The number of fused-ring (bicyclic) bond motifs is 1. The number of halogens is 3. The molecule has 0 aromatic heterocycles. The van der Waals surface area contributed by atoms with Crippen LogP contribution >= 0.6 is 0 Å². The van der Waals surface area contributed by atoms with Gasteiger partial charge in [-0.2, -0.15) is 13.2 Å². The normalized spacial score (nSPS) is 22.6. The minimum atomic E-state index is -4.36. The van der Waals surface area contributed by atoms with Crippen molar-refractivity contribution in [2.75, 3.05) is 13.1 Å². The van der Waals surface area contributed by atoms with Crippen LogP contribution in [0.15, 0.2) is 18.2 Å². The predicted molar refractivity (Wildman–Crippen MR) is 82.7 cm³/mol. The second-order valence-corrected chi connectivity index (χ2v) is 7.12. The number of para-hydroxylation sites is 1. The van der Waals surface area contributed by atoms with Crippen molar-refractivity contribution in [3.05, 3.63) is 29.3 Å². The third-order valence-electron chi connectivity index (χ3n) is 4.34. The number of likely N-dealkylation sites (tertiary alicyclic amines) is 1. The highest BCUT2D eigenvalue weighted by molar-refractivity contribution is 5.79. The Bertz CT molecular complexity index is 643. The summed E-state index contributed by atoms with van der Waals surface area (Å²) in [5.74, 6) is 0.395. The molecule has 3 rings (SSSR count). The first kappa shape index (κ1) is 17.1. The Morgan fingerprint density at radius 1 is 1.38 bits per heavy atom. The van der Waals surface area contributed by atoms with Gasteiger partial charge in [0.1, 0.15) is 17.9 Å². The van der Waals surface area contributed by atoms with Crippen molar-refractivity contribution in [2.45, 2.75) is 51.1 Å². The molecule has 7 heteroatoms. The van der Waals surface area contributed by atoms with Gasteiger partial charge in [0.25, 0.3) is 0 Å². The topological polar surface area (TPSA) is 41.6 Å². The van der Waals surface area contributed by atoms with E-state index in [-0.39, 0.29) is 24.6 Å². The van der Waals surface area contributed by atoms with E-state index >= 15 is 0 Å². The fraction of sp³-hybridized carbons (Fsp3) is 0.588. The average Bonchev–Trinajstić information content (AvgIpc) is 2.93. The molecule has 1 fully saturated rings. The van der Waals surface area contributed by atoms with Gasteiger partial charge in [-0.25, -0.2) is 0 Å². The predicted octanol–water partition coefficient (Wildman–Crippen LogP) is 2.65. The van der Waals surface area contributed by atoms with Gasteiger partial charge in [-0.05, 0) is 19.4 Å². The minimum absolute atomic E-state index is 0.0831. The molecule has 0 spiro atoms. The van der Waals surface area contributed by atoms with E-state index in [1.807, 2.05) is 32.0 Å². The fourth-order valence-electron chi connectivity index (χ4n) is 3.35. The summed E-state index contributed by atoms with van der Waals surface area (Å²) in [4.78, 5) is 12.6. The van der Waals surface area contributed by atoms with Crippen molar-refractivity contribution >= 4 is 5.91 Å². The number of amides is 1. The summed E-state index contributed by atoms with van der Waals surface area (Å²) in [5.41, 5.74) is 1.87. The Hall–Kier alpha value is -1.76. The van der Waals surface area contributed by atoms with Crippen molar-refractivity contribution in [1.29, 1.82) is 0 Å². The first-order chi connectivity index (χ1) is 11.1. The molecule has 24 heavy (non-hydrogen) atoms. The maximum atomic E-state index is 12.5. The molecule has 1 aromatic carbocycles. The molecular formula is C17H21F3N2O2. The SMILES string of the molecule is CC1(C)Cc2cccc(CNC3CC(=O)N(CC(F)(F)F)C3)c2O1. The molecule has 2 heterocycles. The largest absolute Gasteiger partial charge is 0.487 e. The number of hydrogen-bond acceptors (Lipinski definition) is 3. The number of hydrogen-bond donors (Lipinski definition) is 1. The van der Waals surface area contributed by atoms with E-state index in [1.165, 1.54) is 0 Å². The molecule has 1 amide bonds. The Kier molecular flexibility index (Phi) is 4.23. The summed E-state index contributed by atoms with van der Waals surface area (Å²) < 4.78 is 43.3. The van der Waals surface area contributed by atoms with E-state index < -0.39 is 18.6 Å². The third kappa shape index (κ3) is 3.83. The number of carbonyl (C=O) groups is 1. The lowest BCUT2D eigenvalue weighted by Crippen LogP contribution is -2.37. The standard InChI is InChI=1S/C17H21F3N2O2/c1-16(2)7-11-4-3-5-12(15(11)24-16)8-21-13-6-14(23)22(9-13)10-17(18,19)20/h3-5,13,21H,6-10H2,1-2H3. The van der Waals surface area contributed by atoms with Crippen LogP contribution in [0.5, 0.6) is 5.75 Å². The lowest BCUT2D eigenvalue weighted by atomic mass is 10.0. The summed E-state index contributed by atoms with van der Waals surface area (Å²) >= 11 is 0. The van der Waals surface area contributed by atoms with Crippen molar-refractivity contribution in [1.82, 2.24) is 10.2 Å². The molecule has 1 saturated heterocycles. The van der Waals surface area contributed by atoms with Crippen molar-refractivity contribution in [3.8, 4) is 5.75 Å². The zero-order valence-corrected chi connectivity index (χ0v) is 13.7. The molecule has 4 nitrogen and oxygen atoms in total. The van der Waals surface area contributed by atoms with Crippen molar-refractivity contribution in [2.24, 2.45) is 0 Å². The Morgan fingerprint density at radius 3 is 2.83 bits per heavy atom. The second-order valence-electron chi connectivity index (χ2n) is 7.12. The van der Waals surface area contributed by atoms with E-state index in [1.54, 1.807) is 0 Å². The smallest absolute Gasteiger partial charge is 0.406 e. The van der Waals surface area contributed by atoms with Crippen LogP contribution in [-0.4, -0.2) is 41.7 Å². The van der Waals surface area contributed by atoms with Gasteiger partial charge in [0.05, 0.1) is 0 Å². The molecule has 1 atom stereocenters. The monoisotopic (exact) mass is 342 g/mol. The van der Waals surface area contributed by atoms with E-state index in [0.717, 1.165) is 28.2 Å². The van der Waals surface area contributed by atoms with Crippen LogP contribution in [0, 0.1) is 0 Å². The zero-order valence-electron chi connectivity index (χ0n) is 13.7. The fourth-order valence-corrected chi connectivity index (χ4v) is 3.35. The molecule has 2 aliphatic rings. The van der Waals surface area contributed by atoms with Crippen LogP contribution in [0.25, 0.3) is 0 Å². The molecular weight excluding hydrogens is 321 g/mol. The molecule has 1 N–H and O–H groups in total. The maximum absolute atomic E-state index is 12.5. The highest BCUT2D eigenvalue weighted by Crippen LogP contribution is 2.37. The van der Waals surface area contributed by atoms with E-state index in [4.69, 9.17) is 4.74 Å². The van der Waals surface area contributed by atoms with Crippen molar-refractivity contribution in [3.63, 3.8) is 0 Å². The van der Waals surface area contributed by atoms with Crippen LogP contribution in [-0.2, 0) is 17.8 Å². The number of nitrogens with one attached hydrogen (secondary N) is 1.